The maximum absolute atomic E-state index is 4.63. The van der Waals surface area contributed by atoms with Crippen LogP contribution in [0.5, 0.6) is 0 Å². The molecule has 6 heteroatoms. The Hall–Kier alpha value is -1.56. The number of rotatable bonds is 6. The first kappa shape index (κ1) is 15.5. The minimum atomic E-state index is 0.237. The molecule has 0 spiro atoms. The normalized spacial score (nSPS) is 12.3. The van der Waals surface area contributed by atoms with Gasteiger partial charge in [0.2, 0.25) is 0 Å². The number of aromatic nitrogens is 2. The first-order chi connectivity index (χ1) is 9.08. The van der Waals surface area contributed by atoms with Crippen molar-refractivity contribution < 1.29 is 0 Å². The fourth-order valence-corrected chi connectivity index (χ4v) is 1.87. The second kappa shape index (κ2) is 7.78. The van der Waals surface area contributed by atoms with Crippen molar-refractivity contribution in [3.8, 4) is 0 Å². The van der Waals surface area contributed by atoms with Gasteiger partial charge in [-0.15, -0.1) is 0 Å². The molecule has 0 aliphatic rings. The molecular formula is C13H26N6. The quantitative estimate of drug-likeness (QED) is 0.585. The SMILES string of the molecule is CCNC(=NCC(c1cnn(C)c1)N(C)C)NCC. The van der Waals surface area contributed by atoms with E-state index in [2.05, 4.69) is 53.6 Å². The summed E-state index contributed by atoms with van der Waals surface area (Å²) in [6.07, 6.45) is 3.95. The van der Waals surface area contributed by atoms with Gasteiger partial charge in [0.1, 0.15) is 0 Å². The third kappa shape index (κ3) is 4.90. The van der Waals surface area contributed by atoms with Crippen LogP contribution in [0.3, 0.4) is 0 Å². The van der Waals surface area contributed by atoms with Gasteiger partial charge >= 0.3 is 0 Å². The Morgan fingerprint density at radius 1 is 1.37 bits per heavy atom. The summed E-state index contributed by atoms with van der Waals surface area (Å²) in [6.45, 7) is 6.57. The number of nitrogens with zero attached hydrogens (tertiary/aromatic N) is 4. The van der Waals surface area contributed by atoms with Crippen LogP contribution in [0.2, 0.25) is 0 Å². The molecule has 1 heterocycles. The Kier molecular flexibility index (Phi) is 6.35. The summed E-state index contributed by atoms with van der Waals surface area (Å²) in [6, 6.07) is 0.237. The fourth-order valence-electron chi connectivity index (χ4n) is 1.87. The van der Waals surface area contributed by atoms with Crippen LogP contribution in [0.15, 0.2) is 17.4 Å². The summed E-state index contributed by atoms with van der Waals surface area (Å²) in [4.78, 5) is 6.79. The fraction of sp³-hybridized carbons (Fsp3) is 0.692. The number of hydrogen-bond donors (Lipinski definition) is 2. The molecule has 1 aromatic heterocycles. The van der Waals surface area contributed by atoms with Crippen LogP contribution in [-0.4, -0.2) is 54.4 Å². The highest BCUT2D eigenvalue weighted by molar-refractivity contribution is 5.79. The standard InChI is InChI=1S/C13H26N6/c1-6-14-13(15-7-2)16-9-12(18(3)4)11-8-17-19(5)10-11/h8,10,12H,6-7,9H2,1-5H3,(H2,14,15,16). The third-order valence-electron chi connectivity index (χ3n) is 2.84. The molecule has 1 unspecified atom stereocenters. The van der Waals surface area contributed by atoms with Crippen molar-refractivity contribution >= 4 is 5.96 Å². The zero-order valence-electron chi connectivity index (χ0n) is 12.6. The Morgan fingerprint density at radius 3 is 2.42 bits per heavy atom. The van der Waals surface area contributed by atoms with Crippen LogP contribution in [-0.2, 0) is 7.05 Å². The summed E-state index contributed by atoms with van der Waals surface area (Å²) >= 11 is 0. The van der Waals surface area contributed by atoms with Crippen molar-refractivity contribution in [2.75, 3.05) is 33.7 Å². The number of aliphatic imine (C=N–C) groups is 1. The maximum atomic E-state index is 4.63. The molecule has 0 fully saturated rings. The summed E-state index contributed by atoms with van der Waals surface area (Å²) in [7, 11) is 6.06. The molecule has 0 amide bonds. The number of hydrogen-bond acceptors (Lipinski definition) is 3. The molecule has 0 aliphatic heterocycles. The van der Waals surface area contributed by atoms with Crippen molar-refractivity contribution in [2.24, 2.45) is 12.0 Å². The number of likely N-dealkylation sites (N-methyl/N-ethyl adjacent to an activating group) is 1. The lowest BCUT2D eigenvalue weighted by Crippen LogP contribution is -2.37. The van der Waals surface area contributed by atoms with Crippen LogP contribution in [0, 0.1) is 0 Å². The molecule has 19 heavy (non-hydrogen) atoms. The Bertz CT molecular complexity index is 388. The molecule has 0 bridgehead atoms. The van der Waals surface area contributed by atoms with Crippen molar-refractivity contribution in [1.29, 1.82) is 0 Å². The Labute approximate surface area is 115 Å². The highest BCUT2D eigenvalue weighted by Crippen LogP contribution is 2.17. The average Bonchev–Trinajstić information content (AvgIpc) is 2.76. The summed E-state index contributed by atoms with van der Waals surface area (Å²) in [5, 5.41) is 10.7. The van der Waals surface area contributed by atoms with E-state index in [0.29, 0.717) is 6.54 Å². The molecule has 1 atom stereocenters. The molecule has 6 nitrogen and oxygen atoms in total. The average molecular weight is 266 g/mol. The van der Waals surface area contributed by atoms with Gasteiger partial charge in [0.05, 0.1) is 18.8 Å². The lowest BCUT2D eigenvalue weighted by molar-refractivity contribution is 0.306. The van der Waals surface area contributed by atoms with Gasteiger partial charge in [0, 0.05) is 31.9 Å². The van der Waals surface area contributed by atoms with E-state index in [1.165, 1.54) is 5.56 Å². The first-order valence-corrected chi connectivity index (χ1v) is 6.75. The predicted molar refractivity (Wildman–Crippen MR) is 79.3 cm³/mol. The summed E-state index contributed by atoms with van der Waals surface area (Å²) in [5.74, 6) is 0.862. The zero-order valence-corrected chi connectivity index (χ0v) is 12.6. The van der Waals surface area contributed by atoms with E-state index in [9.17, 15) is 0 Å². The van der Waals surface area contributed by atoms with Crippen LogP contribution in [0.25, 0.3) is 0 Å². The summed E-state index contributed by atoms with van der Waals surface area (Å²) < 4.78 is 1.82. The zero-order chi connectivity index (χ0) is 14.3. The smallest absolute Gasteiger partial charge is 0.191 e. The van der Waals surface area contributed by atoms with Gasteiger partial charge in [-0.2, -0.15) is 5.10 Å². The largest absolute Gasteiger partial charge is 0.357 e. The van der Waals surface area contributed by atoms with E-state index in [-0.39, 0.29) is 6.04 Å². The van der Waals surface area contributed by atoms with Crippen molar-refractivity contribution in [2.45, 2.75) is 19.9 Å². The monoisotopic (exact) mass is 266 g/mol. The van der Waals surface area contributed by atoms with E-state index in [0.717, 1.165) is 19.0 Å². The minimum absolute atomic E-state index is 0.237. The Balaban J connectivity index is 2.75. The molecular weight excluding hydrogens is 240 g/mol. The topological polar surface area (TPSA) is 57.5 Å². The van der Waals surface area contributed by atoms with Gasteiger partial charge in [0.25, 0.3) is 0 Å². The first-order valence-electron chi connectivity index (χ1n) is 6.75. The maximum Gasteiger partial charge on any atom is 0.191 e. The third-order valence-corrected chi connectivity index (χ3v) is 2.84. The molecule has 108 valence electrons. The van der Waals surface area contributed by atoms with Crippen LogP contribution in [0.1, 0.15) is 25.5 Å². The molecule has 2 N–H and O–H groups in total. The predicted octanol–water partition coefficient (Wildman–Crippen LogP) is 0.598. The van der Waals surface area contributed by atoms with Crippen molar-refractivity contribution in [3.05, 3.63) is 18.0 Å². The second-order valence-corrected chi connectivity index (χ2v) is 4.68. The van der Waals surface area contributed by atoms with Gasteiger partial charge in [-0.25, -0.2) is 0 Å². The molecule has 0 aliphatic carbocycles. The Morgan fingerprint density at radius 2 is 2.00 bits per heavy atom. The van der Waals surface area contributed by atoms with E-state index in [1.54, 1.807) is 0 Å². The van der Waals surface area contributed by atoms with Gasteiger partial charge in [0.15, 0.2) is 5.96 Å². The highest BCUT2D eigenvalue weighted by Gasteiger charge is 2.15. The lowest BCUT2D eigenvalue weighted by Gasteiger charge is -2.22. The van der Waals surface area contributed by atoms with Crippen molar-refractivity contribution in [3.63, 3.8) is 0 Å². The van der Waals surface area contributed by atoms with E-state index < -0.39 is 0 Å². The molecule has 0 aromatic carbocycles. The number of guanidine groups is 1. The molecule has 1 aromatic rings. The molecule has 0 radical (unpaired) electrons. The van der Waals surface area contributed by atoms with Gasteiger partial charge in [-0.1, -0.05) is 0 Å². The van der Waals surface area contributed by atoms with E-state index in [4.69, 9.17) is 0 Å². The van der Waals surface area contributed by atoms with Gasteiger partial charge < -0.3 is 15.5 Å². The molecule has 0 saturated heterocycles. The molecule has 1 rings (SSSR count). The molecule has 0 saturated carbocycles. The van der Waals surface area contributed by atoms with E-state index >= 15 is 0 Å². The minimum Gasteiger partial charge on any atom is -0.357 e. The van der Waals surface area contributed by atoms with Crippen LogP contribution < -0.4 is 10.6 Å². The van der Waals surface area contributed by atoms with E-state index in [1.807, 2.05) is 24.1 Å². The number of aryl methyl sites for hydroxylation is 1. The summed E-state index contributed by atoms with van der Waals surface area (Å²) in [5.41, 5.74) is 1.18. The van der Waals surface area contributed by atoms with Crippen LogP contribution >= 0.6 is 0 Å². The lowest BCUT2D eigenvalue weighted by atomic mass is 10.1. The van der Waals surface area contributed by atoms with Gasteiger partial charge in [-0.3, -0.25) is 9.67 Å². The second-order valence-electron chi connectivity index (χ2n) is 4.68. The highest BCUT2D eigenvalue weighted by atomic mass is 15.2. The van der Waals surface area contributed by atoms with Crippen LogP contribution in [0.4, 0.5) is 0 Å². The number of nitrogens with one attached hydrogen (secondary N) is 2. The van der Waals surface area contributed by atoms with Gasteiger partial charge in [-0.05, 0) is 27.9 Å². The van der Waals surface area contributed by atoms with Crippen molar-refractivity contribution in [1.82, 2.24) is 25.3 Å².